The lowest BCUT2D eigenvalue weighted by molar-refractivity contribution is 0.210. The fraction of sp³-hybridized carbons (Fsp3) is 0.391. The minimum absolute atomic E-state index is 0.0579. The average Bonchev–Trinajstić information content (AvgIpc) is 2.91. The van der Waals surface area contributed by atoms with Crippen LogP contribution in [-0.2, 0) is 30.3 Å². The van der Waals surface area contributed by atoms with Crippen LogP contribution >= 0.6 is 0 Å². The Labute approximate surface area is 230 Å². The summed E-state index contributed by atoms with van der Waals surface area (Å²) in [5.41, 5.74) is 12.2. The zero-order valence-electron chi connectivity index (χ0n) is 21.1. The summed E-state index contributed by atoms with van der Waals surface area (Å²) in [4.78, 5) is 0. The monoisotopic (exact) mass is 590 g/mol. The van der Waals surface area contributed by atoms with Gasteiger partial charge < -0.3 is 31.2 Å². The smallest absolute Gasteiger partial charge is 0.335 e. The van der Waals surface area contributed by atoms with Gasteiger partial charge in [0.1, 0.15) is 23.2 Å². The van der Waals surface area contributed by atoms with Crippen LogP contribution in [0.1, 0.15) is 30.4 Å². The first-order chi connectivity index (χ1) is 18.6. The molecule has 2 aromatic rings. The lowest BCUT2D eigenvalue weighted by Crippen LogP contribution is -2.10. The van der Waals surface area contributed by atoms with E-state index in [-0.39, 0.29) is 38.1 Å². The molecule has 0 bridgehead atoms. The maximum Gasteiger partial charge on any atom is 0.335 e. The molecular formula is C23H34N4O10S2. The molecule has 0 spiro atoms. The molecule has 0 aliphatic carbocycles. The lowest BCUT2D eigenvalue weighted by Gasteiger charge is -2.08. The van der Waals surface area contributed by atoms with Gasteiger partial charge in [0.05, 0.1) is 39.6 Å². The summed E-state index contributed by atoms with van der Waals surface area (Å²) >= 11 is 0. The molecule has 2 radical (unpaired) electrons. The highest BCUT2D eigenvalue weighted by atomic mass is 32.2. The van der Waals surface area contributed by atoms with Gasteiger partial charge in [-0.15, -0.1) is 0 Å². The molecule has 14 nitrogen and oxygen atoms in total. The Morgan fingerprint density at radius 2 is 0.949 bits per heavy atom. The molecule has 218 valence electrons. The highest BCUT2D eigenvalue weighted by Crippen LogP contribution is 2.14. The van der Waals surface area contributed by atoms with Crippen molar-refractivity contribution in [3.63, 3.8) is 0 Å². The highest BCUT2D eigenvalue weighted by Gasteiger charge is 2.00. The maximum atomic E-state index is 9.42. The first kappa shape index (κ1) is 35.5. The van der Waals surface area contributed by atoms with Crippen molar-refractivity contribution >= 4 is 33.6 Å². The molecule has 0 atom stereocenters. The lowest BCUT2D eigenvalue weighted by atomic mass is 10.2. The van der Waals surface area contributed by atoms with E-state index in [0.717, 1.165) is 30.8 Å². The molecule has 0 aromatic heterocycles. The predicted octanol–water partition coefficient (Wildman–Crippen LogP) is 0.462. The SMILES string of the molecule is N=C(N)c1ccc(OCCCCCOc2ccc(C(=N)N)cc2)cc1.O=[S](=O)OCCO.O=[S](=O)OCCO. The van der Waals surface area contributed by atoms with Gasteiger partial charge in [-0.25, -0.2) is 8.37 Å². The van der Waals surface area contributed by atoms with Gasteiger partial charge >= 0.3 is 22.0 Å². The molecule has 0 aliphatic heterocycles. The molecule has 2 aromatic carbocycles. The van der Waals surface area contributed by atoms with Crippen molar-refractivity contribution in [1.82, 2.24) is 0 Å². The molecule has 0 fully saturated rings. The summed E-state index contributed by atoms with van der Waals surface area (Å²) in [5, 5.41) is 30.5. The number of hydrogen-bond acceptors (Lipinski definition) is 12. The van der Waals surface area contributed by atoms with Crippen molar-refractivity contribution in [2.45, 2.75) is 19.3 Å². The summed E-state index contributed by atoms with van der Waals surface area (Å²) in [5.74, 6) is 1.68. The molecule has 0 unspecified atom stereocenters. The van der Waals surface area contributed by atoms with Gasteiger partial charge in [-0.3, -0.25) is 10.8 Å². The van der Waals surface area contributed by atoms with E-state index in [2.05, 4.69) is 8.37 Å². The summed E-state index contributed by atoms with van der Waals surface area (Å²) in [6.45, 7) is 0.438. The van der Waals surface area contributed by atoms with E-state index in [1.165, 1.54) is 0 Å². The largest absolute Gasteiger partial charge is 0.494 e. The molecule has 0 heterocycles. The molecule has 0 saturated heterocycles. The number of benzene rings is 2. The molecule has 0 amide bonds. The number of rotatable bonds is 16. The number of amidine groups is 2. The molecule has 2 rings (SSSR count). The van der Waals surface area contributed by atoms with E-state index >= 15 is 0 Å². The maximum absolute atomic E-state index is 9.42. The first-order valence-corrected chi connectivity index (χ1v) is 13.4. The summed E-state index contributed by atoms with van der Waals surface area (Å²) in [6, 6.07) is 14.4. The number of unbranched alkanes of at least 4 members (excludes halogenated alkanes) is 2. The van der Waals surface area contributed by atoms with E-state index in [0.29, 0.717) is 24.3 Å². The zero-order chi connectivity index (χ0) is 29.5. The Morgan fingerprint density at radius 3 is 1.18 bits per heavy atom. The molecule has 0 aliphatic rings. The normalized spacial score (nSPS) is 9.69. The third-order valence-corrected chi connectivity index (χ3v) is 4.92. The van der Waals surface area contributed by atoms with Crippen LogP contribution in [0.2, 0.25) is 0 Å². The van der Waals surface area contributed by atoms with E-state index in [9.17, 15) is 16.8 Å². The van der Waals surface area contributed by atoms with Crippen molar-refractivity contribution in [3.05, 3.63) is 59.7 Å². The van der Waals surface area contributed by atoms with E-state index in [1.54, 1.807) is 24.3 Å². The second-order valence-corrected chi connectivity index (χ2v) is 8.42. The highest BCUT2D eigenvalue weighted by molar-refractivity contribution is 7.67. The molecule has 0 saturated carbocycles. The van der Waals surface area contributed by atoms with Gasteiger partial charge in [0.2, 0.25) is 0 Å². The third kappa shape index (κ3) is 20.1. The second kappa shape index (κ2) is 22.4. The van der Waals surface area contributed by atoms with Gasteiger partial charge in [0.25, 0.3) is 0 Å². The van der Waals surface area contributed by atoms with Gasteiger partial charge in [0, 0.05) is 11.1 Å². The third-order valence-electron chi connectivity index (χ3n) is 4.20. The minimum Gasteiger partial charge on any atom is -0.494 e. The van der Waals surface area contributed by atoms with Crippen LogP contribution in [0.15, 0.2) is 48.5 Å². The summed E-state index contributed by atoms with van der Waals surface area (Å²) in [6.07, 6.45) is 2.90. The van der Waals surface area contributed by atoms with Crippen molar-refractivity contribution in [2.24, 2.45) is 11.5 Å². The number of hydrogen-bond donors (Lipinski definition) is 6. The van der Waals surface area contributed by atoms with Crippen LogP contribution in [0.4, 0.5) is 0 Å². The second-order valence-electron chi connectivity index (χ2n) is 7.13. The van der Waals surface area contributed by atoms with Crippen LogP contribution < -0.4 is 20.9 Å². The average molecular weight is 591 g/mol. The van der Waals surface area contributed by atoms with Gasteiger partial charge in [-0.05, 0) is 67.8 Å². The minimum atomic E-state index is -2.48. The number of aliphatic hydroxyl groups excluding tert-OH is 2. The fourth-order valence-electron chi connectivity index (χ4n) is 2.43. The quantitative estimate of drug-likeness (QED) is 0.0887. The van der Waals surface area contributed by atoms with Crippen molar-refractivity contribution in [3.8, 4) is 11.5 Å². The zero-order valence-corrected chi connectivity index (χ0v) is 22.7. The first-order valence-electron chi connectivity index (χ1n) is 11.4. The number of nitrogens with one attached hydrogen (secondary N) is 2. The predicted molar refractivity (Wildman–Crippen MR) is 144 cm³/mol. The Bertz CT molecular complexity index is 1010. The standard InChI is InChI=1S/C19H24N4O2.2C2H5O4S/c20-18(21)14-4-8-16(9-5-14)24-12-2-1-3-13-25-17-10-6-15(7-11-17)19(22)23;2*3-1-2-6-7(4)5/h4-11H,1-3,12-13H2,(H3,20,21)(H3,22,23);2*3H,1-2H2. The van der Waals surface area contributed by atoms with Crippen LogP contribution in [0.25, 0.3) is 0 Å². The van der Waals surface area contributed by atoms with Gasteiger partial charge in [-0.2, -0.15) is 16.8 Å². The van der Waals surface area contributed by atoms with Gasteiger partial charge in [0.15, 0.2) is 0 Å². The van der Waals surface area contributed by atoms with Crippen LogP contribution in [0.3, 0.4) is 0 Å². The Kier molecular flexibility index (Phi) is 20.4. The van der Waals surface area contributed by atoms with Crippen LogP contribution in [0.5, 0.6) is 11.5 Å². The molecule has 16 heteroatoms. The molecule has 8 N–H and O–H groups in total. The Morgan fingerprint density at radius 1 is 0.615 bits per heavy atom. The van der Waals surface area contributed by atoms with Crippen molar-refractivity contribution in [1.29, 1.82) is 10.8 Å². The molecular weight excluding hydrogens is 556 g/mol. The summed E-state index contributed by atoms with van der Waals surface area (Å²) in [7, 11) is -4.95. The van der Waals surface area contributed by atoms with E-state index < -0.39 is 22.0 Å². The Hall–Kier alpha value is -3.54. The number of nitrogens with two attached hydrogens (primary N) is 2. The van der Waals surface area contributed by atoms with E-state index in [4.69, 9.17) is 42.0 Å². The van der Waals surface area contributed by atoms with Crippen LogP contribution in [0, 0.1) is 10.8 Å². The fourth-order valence-corrected chi connectivity index (χ4v) is 2.85. The number of nitrogen functional groups attached to an aromatic ring is 2. The van der Waals surface area contributed by atoms with Crippen LogP contribution in [-0.4, -0.2) is 78.4 Å². The summed E-state index contributed by atoms with van der Waals surface area (Å²) < 4.78 is 56.7. The van der Waals surface area contributed by atoms with E-state index in [1.807, 2.05) is 24.3 Å². The Balaban J connectivity index is 0.000000848. The topological polar surface area (TPSA) is 245 Å². The van der Waals surface area contributed by atoms with Crippen molar-refractivity contribution in [2.75, 3.05) is 39.6 Å². The van der Waals surface area contributed by atoms with Crippen molar-refractivity contribution < 1.29 is 44.9 Å². The number of ether oxygens (including phenoxy) is 2. The molecule has 39 heavy (non-hydrogen) atoms. The van der Waals surface area contributed by atoms with Gasteiger partial charge in [-0.1, -0.05) is 0 Å². The number of aliphatic hydroxyl groups is 2.